The van der Waals surface area contributed by atoms with Gasteiger partial charge < -0.3 is 4.74 Å². The number of nitrogens with one attached hydrogen (secondary N) is 1. The van der Waals surface area contributed by atoms with E-state index in [-0.39, 0.29) is 10.6 Å². The smallest absolute Gasteiger partial charge is 0.312 e. The molecule has 8 heteroatoms. The summed E-state index contributed by atoms with van der Waals surface area (Å²) in [5.41, 5.74) is -0.423. The normalized spacial score (nSPS) is 12.4. The van der Waals surface area contributed by atoms with E-state index in [1.54, 1.807) is 0 Å². The van der Waals surface area contributed by atoms with Crippen LogP contribution in [0.25, 0.3) is 0 Å². The van der Waals surface area contributed by atoms with E-state index in [4.69, 9.17) is 11.2 Å². The average Bonchev–Trinajstić information content (AvgIpc) is 2.45. The highest BCUT2D eigenvalue weighted by molar-refractivity contribution is 7.89. The SMILES string of the molecule is C#CC(CCC)NS(=O)(=O)c1ccc(OC)c([N+](=O)[O-])c1. The van der Waals surface area contributed by atoms with E-state index in [9.17, 15) is 18.5 Å². The molecule has 1 N–H and O–H groups in total. The van der Waals surface area contributed by atoms with Crippen molar-refractivity contribution < 1.29 is 18.1 Å². The minimum absolute atomic E-state index is 0.0130. The summed E-state index contributed by atoms with van der Waals surface area (Å²) in [5, 5.41) is 10.9. The number of benzene rings is 1. The molecule has 1 aromatic carbocycles. The molecule has 0 radical (unpaired) electrons. The number of hydrogen-bond acceptors (Lipinski definition) is 5. The molecule has 0 bridgehead atoms. The molecule has 0 spiro atoms. The minimum atomic E-state index is -3.93. The first kappa shape index (κ1) is 16.9. The van der Waals surface area contributed by atoms with Crippen LogP contribution in [-0.2, 0) is 10.0 Å². The lowest BCUT2D eigenvalue weighted by atomic mass is 10.2. The zero-order valence-corrected chi connectivity index (χ0v) is 12.5. The summed E-state index contributed by atoms with van der Waals surface area (Å²) in [4.78, 5) is 9.98. The van der Waals surface area contributed by atoms with Gasteiger partial charge >= 0.3 is 5.69 Å². The monoisotopic (exact) mass is 312 g/mol. The average molecular weight is 312 g/mol. The van der Waals surface area contributed by atoms with Crippen molar-refractivity contribution in [1.29, 1.82) is 0 Å². The van der Waals surface area contributed by atoms with Crippen molar-refractivity contribution in [1.82, 2.24) is 4.72 Å². The number of nitro groups is 1. The van der Waals surface area contributed by atoms with Crippen LogP contribution < -0.4 is 9.46 Å². The van der Waals surface area contributed by atoms with Crippen LogP contribution in [0.5, 0.6) is 5.75 Å². The molecule has 114 valence electrons. The molecular formula is C13H16N2O5S. The molecule has 7 nitrogen and oxygen atoms in total. The maximum Gasteiger partial charge on any atom is 0.312 e. The number of hydrogen-bond donors (Lipinski definition) is 1. The topological polar surface area (TPSA) is 98.5 Å². The van der Waals surface area contributed by atoms with Crippen LogP contribution in [0.15, 0.2) is 23.1 Å². The highest BCUT2D eigenvalue weighted by atomic mass is 32.2. The Morgan fingerprint density at radius 3 is 2.67 bits per heavy atom. The Balaban J connectivity index is 3.18. The second-order valence-electron chi connectivity index (χ2n) is 4.22. The van der Waals surface area contributed by atoms with Gasteiger partial charge in [0, 0.05) is 6.07 Å². The van der Waals surface area contributed by atoms with Gasteiger partial charge in [0.15, 0.2) is 5.75 Å². The number of rotatable bonds is 7. The summed E-state index contributed by atoms with van der Waals surface area (Å²) >= 11 is 0. The van der Waals surface area contributed by atoms with Crippen molar-refractivity contribution >= 4 is 15.7 Å². The van der Waals surface area contributed by atoms with Crippen LogP contribution in [-0.4, -0.2) is 26.5 Å². The first-order valence-electron chi connectivity index (χ1n) is 6.16. The van der Waals surface area contributed by atoms with Crippen molar-refractivity contribution in [3.8, 4) is 18.1 Å². The zero-order valence-electron chi connectivity index (χ0n) is 11.7. The van der Waals surface area contributed by atoms with Crippen molar-refractivity contribution in [2.75, 3.05) is 7.11 Å². The molecule has 0 heterocycles. The van der Waals surface area contributed by atoms with Crippen molar-refractivity contribution in [2.24, 2.45) is 0 Å². The van der Waals surface area contributed by atoms with E-state index in [0.29, 0.717) is 12.8 Å². The summed E-state index contributed by atoms with van der Waals surface area (Å²) in [6, 6.07) is 2.76. The Kier molecular flexibility index (Phi) is 5.69. The van der Waals surface area contributed by atoms with E-state index in [0.717, 1.165) is 6.07 Å². The third kappa shape index (κ3) is 4.18. The van der Waals surface area contributed by atoms with Gasteiger partial charge in [-0.15, -0.1) is 6.42 Å². The molecule has 0 amide bonds. The van der Waals surface area contributed by atoms with Crippen LogP contribution >= 0.6 is 0 Å². The zero-order chi connectivity index (χ0) is 16.0. The molecule has 0 aliphatic heterocycles. The molecule has 0 saturated carbocycles. The molecule has 0 aliphatic rings. The molecule has 1 aromatic rings. The molecule has 0 saturated heterocycles. The van der Waals surface area contributed by atoms with Crippen LogP contribution in [0.2, 0.25) is 0 Å². The van der Waals surface area contributed by atoms with Crippen LogP contribution in [0.4, 0.5) is 5.69 Å². The van der Waals surface area contributed by atoms with E-state index >= 15 is 0 Å². The molecule has 0 fully saturated rings. The standard InChI is InChI=1S/C13H16N2O5S/c1-4-6-10(5-2)14-21(18,19)11-7-8-13(20-3)12(9-11)15(16)17/h2,7-10,14H,4,6H2,1,3H3. The second-order valence-corrected chi connectivity index (χ2v) is 5.93. The van der Waals surface area contributed by atoms with Gasteiger partial charge in [0.2, 0.25) is 10.0 Å². The van der Waals surface area contributed by atoms with Gasteiger partial charge in [0.05, 0.1) is 23.0 Å². The Bertz CT molecular complexity index is 664. The molecular weight excluding hydrogens is 296 g/mol. The number of sulfonamides is 1. The predicted molar refractivity (Wildman–Crippen MR) is 77.5 cm³/mol. The number of methoxy groups -OCH3 is 1. The molecule has 1 unspecified atom stereocenters. The van der Waals surface area contributed by atoms with Crippen LogP contribution in [0, 0.1) is 22.5 Å². The third-order valence-electron chi connectivity index (χ3n) is 2.73. The number of nitrogens with zero attached hydrogens (tertiary/aromatic N) is 1. The Hall–Kier alpha value is -2.11. The lowest BCUT2D eigenvalue weighted by Gasteiger charge is -2.13. The van der Waals surface area contributed by atoms with Gasteiger partial charge in [-0.3, -0.25) is 10.1 Å². The minimum Gasteiger partial charge on any atom is -0.490 e. The third-order valence-corrected chi connectivity index (χ3v) is 4.20. The summed E-state index contributed by atoms with van der Waals surface area (Å²) in [5.74, 6) is 2.33. The summed E-state index contributed by atoms with van der Waals surface area (Å²) in [6.45, 7) is 1.87. The number of terminal acetylenes is 1. The van der Waals surface area contributed by atoms with Gasteiger partial charge in [0.25, 0.3) is 0 Å². The van der Waals surface area contributed by atoms with Crippen molar-refractivity contribution in [2.45, 2.75) is 30.7 Å². The van der Waals surface area contributed by atoms with Gasteiger partial charge in [0.1, 0.15) is 0 Å². The summed E-state index contributed by atoms with van der Waals surface area (Å²) < 4.78 is 31.5. The molecule has 1 atom stereocenters. The van der Waals surface area contributed by atoms with Gasteiger partial charge in [-0.05, 0) is 18.6 Å². The second kappa shape index (κ2) is 7.06. The van der Waals surface area contributed by atoms with Crippen molar-refractivity contribution in [3.63, 3.8) is 0 Å². The fourth-order valence-corrected chi connectivity index (χ4v) is 2.91. The quantitative estimate of drug-likeness (QED) is 0.469. The van der Waals surface area contributed by atoms with E-state index < -0.39 is 26.7 Å². The van der Waals surface area contributed by atoms with Gasteiger partial charge in [-0.25, -0.2) is 8.42 Å². The highest BCUT2D eigenvalue weighted by Crippen LogP contribution is 2.29. The van der Waals surface area contributed by atoms with Crippen LogP contribution in [0.3, 0.4) is 0 Å². The largest absolute Gasteiger partial charge is 0.490 e. The number of ether oxygens (including phenoxy) is 1. The maximum absolute atomic E-state index is 12.2. The first-order chi connectivity index (χ1) is 9.85. The maximum atomic E-state index is 12.2. The molecule has 21 heavy (non-hydrogen) atoms. The predicted octanol–water partition coefficient (Wildman–Crippen LogP) is 1.68. The lowest BCUT2D eigenvalue weighted by molar-refractivity contribution is -0.386. The number of nitro benzene ring substituents is 1. The molecule has 0 aromatic heterocycles. The van der Waals surface area contributed by atoms with E-state index in [1.165, 1.54) is 19.2 Å². The fourth-order valence-electron chi connectivity index (χ4n) is 1.70. The first-order valence-corrected chi connectivity index (χ1v) is 7.65. The van der Waals surface area contributed by atoms with Gasteiger partial charge in [-0.1, -0.05) is 19.3 Å². The summed E-state index contributed by atoms with van der Waals surface area (Å²) in [7, 11) is -2.66. The molecule has 0 aliphatic carbocycles. The van der Waals surface area contributed by atoms with Crippen LogP contribution in [0.1, 0.15) is 19.8 Å². The Labute approximate surface area is 123 Å². The van der Waals surface area contributed by atoms with E-state index in [1.807, 2.05) is 6.92 Å². The molecule has 1 rings (SSSR count). The fraction of sp³-hybridized carbons (Fsp3) is 0.385. The Morgan fingerprint density at radius 1 is 1.52 bits per heavy atom. The van der Waals surface area contributed by atoms with Gasteiger partial charge in [-0.2, -0.15) is 4.72 Å². The van der Waals surface area contributed by atoms with Crippen molar-refractivity contribution in [3.05, 3.63) is 28.3 Å². The highest BCUT2D eigenvalue weighted by Gasteiger charge is 2.23. The van der Waals surface area contributed by atoms with E-state index in [2.05, 4.69) is 10.6 Å². The lowest BCUT2D eigenvalue weighted by Crippen LogP contribution is -2.33. The Morgan fingerprint density at radius 2 is 2.19 bits per heavy atom. The summed E-state index contributed by atoms with van der Waals surface area (Å²) in [6.07, 6.45) is 6.45.